The molecule has 1 heterocycles. The van der Waals surface area contributed by atoms with Gasteiger partial charge < -0.3 is 10.6 Å². The van der Waals surface area contributed by atoms with E-state index in [1.54, 1.807) is 6.07 Å². The molecule has 19 heavy (non-hydrogen) atoms. The van der Waals surface area contributed by atoms with Gasteiger partial charge in [0.2, 0.25) is 5.82 Å². The van der Waals surface area contributed by atoms with Crippen LogP contribution in [0.1, 0.15) is 40.0 Å². The minimum Gasteiger partial charge on any atom is -0.370 e. The lowest BCUT2D eigenvalue weighted by Crippen LogP contribution is -2.19. The number of hydrogen-bond acceptors (Lipinski definition) is 5. The average Bonchev–Trinajstić information content (AvgIpc) is 2.42. The Hall–Kier alpha value is -1.85. The van der Waals surface area contributed by atoms with Crippen molar-refractivity contribution in [1.29, 1.82) is 0 Å². The molecule has 0 bridgehead atoms. The second-order valence-corrected chi connectivity index (χ2v) is 4.41. The third kappa shape index (κ3) is 4.39. The van der Waals surface area contributed by atoms with E-state index in [-0.39, 0.29) is 11.7 Å². The van der Waals surface area contributed by atoms with E-state index in [1.165, 1.54) is 6.07 Å². The van der Waals surface area contributed by atoms with Crippen molar-refractivity contribution in [3.05, 3.63) is 22.2 Å². The molecular formula is C13H22N4O2. The highest BCUT2D eigenvalue weighted by Crippen LogP contribution is 2.25. The second-order valence-electron chi connectivity index (χ2n) is 4.41. The monoisotopic (exact) mass is 266 g/mol. The Labute approximate surface area is 113 Å². The average molecular weight is 266 g/mol. The Morgan fingerprint density at radius 3 is 2.53 bits per heavy atom. The van der Waals surface area contributed by atoms with Crippen LogP contribution in [0.3, 0.4) is 0 Å². The van der Waals surface area contributed by atoms with Crippen LogP contribution in [0.15, 0.2) is 12.1 Å². The lowest BCUT2D eigenvalue weighted by Gasteiger charge is -2.16. The van der Waals surface area contributed by atoms with E-state index in [9.17, 15) is 10.1 Å². The lowest BCUT2D eigenvalue weighted by molar-refractivity contribution is -0.384. The van der Waals surface area contributed by atoms with Crippen LogP contribution in [0.25, 0.3) is 0 Å². The van der Waals surface area contributed by atoms with Crippen molar-refractivity contribution in [2.75, 3.05) is 17.2 Å². The van der Waals surface area contributed by atoms with E-state index in [2.05, 4.69) is 22.5 Å². The second kappa shape index (κ2) is 7.56. The van der Waals surface area contributed by atoms with Gasteiger partial charge in [-0.15, -0.1) is 0 Å². The Morgan fingerprint density at radius 2 is 2.00 bits per heavy atom. The molecule has 0 aliphatic heterocycles. The fraction of sp³-hybridized carbons (Fsp3) is 0.615. The topological polar surface area (TPSA) is 80.1 Å². The molecule has 0 aliphatic carbocycles. The number of nitro groups is 1. The Kier molecular flexibility index (Phi) is 6.05. The molecule has 6 heteroatoms. The molecule has 1 aromatic heterocycles. The quantitative estimate of drug-likeness (QED) is 0.556. The van der Waals surface area contributed by atoms with Gasteiger partial charge in [0.15, 0.2) is 0 Å². The van der Waals surface area contributed by atoms with Gasteiger partial charge in [0, 0.05) is 18.7 Å². The van der Waals surface area contributed by atoms with Crippen LogP contribution in [0.5, 0.6) is 0 Å². The van der Waals surface area contributed by atoms with E-state index in [0.29, 0.717) is 11.6 Å². The molecule has 2 N–H and O–H groups in total. The van der Waals surface area contributed by atoms with Crippen molar-refractivity contribution < 1.29 is 4.92 Å². The molecule has 0 aliphatic rings. The summed E-state index contributed by atoms with van der Waals surface area (Å²) in [6, 6.07) is 3.34. The maximum Gasteiger partial charge on any atom is 0.311 e. The third-order valence-electron chi connectivity index (χ3n) is 2.95. The zero-order chi connectivity index (χ0) is 14.3. The summed E-state index contributed by atoms with van der Waals surface area (Å²) in [7, 11) is 0. The molecule has 0 atom stereocenters. The normalized spacial score (nSPS) is 10.5. The molecule has 106 valence electrons. The zero-order valence-corrected chi connectivity index (χ0v) is 11.8. The van der Waals surface area contributed by atoms with E-state index in [1.807, 2.05) is 13.8 Å². The molecule has 0 aromatic carbocycles. The van der Waals surface area contributed by atoms with Crippen molar-refractivity contribution in [1.82, 2.24) is 4.98 Å². The molecule has 1 rings (SSSR count). The Morgan fingerprint density at radius 1 is 1.32 bits per heavy atom. The molecule has 0 saturated carbocycles. The van der Waals surface area contributed by atoms with E-state index >= 15 is 0 Å². The number of pyridine rings is 1. The predicted octanol–water partition coefficient (Wildman–Crippen LogP) is 3.41. The number of aromatic nitrogens is 1. The van der Waals surface area contributed by atoms with Gasteiger partial charge in [0.05, 0.1) is 4.92 Å². The van der Waals surface area contributed by atoms with Crippen molar-refractivity contribution in [3.63, 3.8) is 0 Å². The van der Waals surface area contributed by atoms with E-state index < -0.39 is 4.92 Å². The lowest BCUT2D eigenvalue weighted by atomic mass is 10.2. The van der Waals surface area contributed by atoms with E-state index in [0.717, 1.165) is 25.8 Å². The van der Waals surface area contributed by atoms with Gasteiger partial charge in [-0.1, -0.05) is 20.8 Å². The number of hydrogen-bond donors (Lipinski definition) is 2. The fourth-order valence-electron chi connectivity index (χ4n) is 1.74. The first-order chi connectivity index (χ1) is 9.12. The highest BCUT2D eigenvalue weighted by molar-refractivity contribution is 5.60. The van der Waals surface area contributed by atoms with Gasteiger partial charge in [-0.05, 0) is 25.3 Å². The van der Waals surface area contributed by atoms with Gasteiger partial charge in [0.1, 0.15) is 5.82 Å². The first-order valence-electron chi connectivity index (χ1n) is 6.78. The summed E-state index contributed by atoms with van der Waals surface area (Å²) in [5.41, 5.74) is 0.0222. The smallest absolute Gasteiger partial charge is 0.311 e. The standard InChI is InChI=1S/C13H22N4O2/c1-4-9-14-12-8-7-11(17(18)19)13(16-12)15-10(5-2)6-3/h7-8,10H,4-6,9H2,1-3H3,(H2,14,15,16). The van der Waals surface area contributed by atoms with Crippen LogP contribution < -0.4 is 10.6 Å². The molecule has 0 saturated heterocycles. The van der Waals surface area contributed by atoms with Crippen molar-refractivity contribution >= 4 is 17.3 Å². The molecule has 6 nitrogen and oxygen atoms in total. The summed E-state index contributed by atoms with van der Waals surface area (Å²) < 4.78 is 0. The minimum atomic E-state index is -0.401. The first-order valence-corrected chi connectivity index (χ1v) is 6.78. The summed E-state index contributed by atoms with van der Waals surface area (Å²) in [5, 5.41) is 17.3. The van der Waals surface area contributed by atoms with Crippen LogP contribution in [0, 0.1) is 10.1 Å². The number of nitrogens with zero attached hydrogens (tertiary/aromatic N) is 2. The van der Waals surface area contributed by atoms with Gasteiger partial charge in [-0.25, -0.2) is 4.98 Å². The molecule has 0 unspecified atom stereocenters. The van der Waals surface area contributed by atoms with Gasteiger partial charge >= 0.3 is 5.69 Å². The highest BCUT2D eigenvalue weighted by atomic mass is 16.6. The molecule has 0 amide bonds. The number of rotatable bonds is 8. The van der Waals surface area contributed by atoms with Crippen molar-refractivity contribution in [3.8, 4) is 0 Å². The SMILES string of the molecule is CCCNc1ccc([N+](=O)[O-])c(NC(CC)CC)n1. The first kappa shape index (κ1) is 15.2. The maximum atomic E-state index is 11.0. The number of anilines is 2. The van der Waals surface area contributed by atoms with Crippen LogP contribution in [-0.2, 0) is 0 Å². The molecule has 0 spiro atoms. The summed E-state index contributed by atoms with van der Waals surface area (Å²) in [4.78, 5) is 14.9. The van der Waals surface area contributed by atoms with Crippen LogP contribution in [0.4, 0.5) is 17.3 Å². The van der Waals surface area contributed by atoms with Gasteiger partial charge in [-0.3, -0.25) is 10.1 Å². The highest BCUT2D eigenvalue weighted by Gasteiger charge is 2.18. The summed E-state index contributed by atoms with van der Waals surface area (Å²) >= 11 is 0. The minimum absolute atomic E-state index is 0.0222. The Balaban J connectivity index is 2.97. The largest absolute Gasteiger partial charge is 0.370 e. The van der Waals surface area contributed by atoms with Crippen molar-refractivity contribution in [2.24, 2.45) is 0 Å². The molecule has 0 radical (unpaired) electrons. The third-order valence-corrected chi connectivity index (χ3v) is 2.95. The van der Waals surface area contributed by atoms with Crippen LogP contribution in [-0.4, -0.2) is 22.5 Å². The number of nitrogens with one attached hydrogen (secondary N) is 2. The summed E-state index contributed by atoms with van der Waals surface area (Å²) in [6.07, 6.45) is 2.79. The van der Waals surface area contributed by atoms with Gasteiger partial charge in [0.25, 0.3) is 0 Å². The van der Waals surface area contributed by atoms with Crippen molar-refractivity contribution in [2.45, 2.75) is 46.1 Å². The molecular weight excluding hydrogens is 244 g/mol. The van der Waals surface area contributed by atoms with E-state index in [4.69, 9.17) is 0 Å². The van der Waals surface area contributed by atoms with Crippen LogP contribution in [0.2, 0.25) is 0 Å². The maximum absolute atomic E-state index is 11.0. The fourth-order valence-corrected chi connectivity index (χ4v) is 1.74. The predicted molar refractivity (Wildman–Crippen MR) is 77.7 cm³/mol. The molecule has 1 aromatic rings. The van der Waals surface area contributed by atoms with Crippen LogP contribution >= 0.6 is 0 Å². The Bertz CT molecular complexity index is 419. The summed E-state index contributed by atoms with van der Waals surface area (Å²) in [5.74, 6) is 1.01. The van der Waals surface area contributed by atoms with Gasteiger partial charge in [-0.2, -0.15) is 0 Å². The molecule has 0 fully saturated rings. The summed E-state index contributed by atoms with van der Waals surface area (Å²) in [6.45, 7) is 6.95. The zero-order valence-electron chi connectivity index (χ0n) is 11.8.